The van der Waals surface area contributed by atoms with Crippen molar-refractivity contribution in [1.29, 1.82) is 0 Å². The minimum Gasteiger partial charge on any atom is -0.493 e. The lowest BCUT2D eigenvalue weighted by Crippen LogP contribution is -2.09. The standard InChI is InChI=1S/C15H15NO6S/c1-19-9-6-5-8(7-10(9)20-2)12-11(14(17)21-3)13(23-16-12)15(18)22-4/h5-7H,1-4H3. The lowest BCUT2D eigenvalue weighted by Gasteiger charge is -2.09. The van der Waals surface area contributed by atoms with Crippen molar-refractivity contribution in [1.82, 2.24) is 4.37 Å². The van der Waals surface area contributed by atoms with Crippen LogP contribution < -0.4 is 9.47 Å². The van der Waals surface area contributed by atoms with Crippen LogP contribution in [0, 0.1) is 0 Å². The van der Waals surface area contributed by atoms with Gasteiger partial charge in [-0.1, -0.05) is 0 Å². The second-order valence-corrected chi connectivity index (χ2v) is 5.06. The summed E-state index contributed by atoms with van der Waals surface area (Å²) in [5, 5.41) is 0. The summed E-state index contributed by atoms with van der Waals surface area (Å²) in [5.41, 5.74) is 0.981. The number of hydrogen-bond acceptors (Lipinski definition) is 8. The average molecular weight is 337 g/mol. The maximum Gasteiger partial charge on any atom is 0.350 e. The van der Waals surface area contributed by atoms with Crippen molar-refractivity contribution < 1.29 is 28.5 Å². The highest BCUT2D eigenvalue weighted by molar-refractivity contribution is 7.08. The lowest BCUT2D eigenvalue weighted by atomic mass is 10.1. The van der Waals surface area contributed by atoms with E-state index >= 15 is 0 Å². The van der Waals surface area contributed by atoms with Gasteiger partial charge in [-0.05, 0) is 29.7 Å². The fourth-order valence-corrected chi connectivity index (χ4v) is 2.80. The molecule has 0 aliphatic heterocycles. The molecule has 0 amide bonds. The van der Waals surface area contributed by atoms with Crippen molar-refractivity contribution in [2.24, 2.45) is 0 Å². The highest BCUT2D eigenvalue weighted by atomic mass is 32.1. The fourth-order valence-electron chi connectivity index (χ4n) is 1.99. The molecule has 0 N–H and O–H groups in total. The summed E-state index contributed by atoms with van der Waals surface area (Å²) in [6.45, 7) is 0. The molecule has 0 bridgehead atoms. The highest BCUT2D eigenvalue weighted by Crippen LogP contribution is 2.35. The largest absolute Gasteiger partial charge is 0.493 e. The molecule has 122 valence electrons. The Morgan fingerprint density at radius 3 is 2.17 bits per heavy atom. The van der Waals surface area contributed by atoms with Crippen LogP contribution in [-0.4, -0.2) is 44.8 Å². The van der Waals surface area contributed by atoms with Gasteiger partial charge in [-0.15, -0.1) is 0 Å². The Morgan fingerprint density at radius 1 is 0.957 bits per heavy atom. The van der Waals surface area contributed by atoms with Gasteiger partial charge in [-0.3, -0.25) is 0 Å². The first-order valence-electron chi connectivity index (χ1n) is 6.46. The van der Waals surface area contributed by atoms with Crippen LogP contribution in [0.1, 0.15) is 20.0 Å². The van der Waals surface area contributed by atoms with Gasteiger partial charge in [0, 0.05) is 5.56 Å². The normalized spacial score (nSPS) is 10.1. The maximum absolute atomic E-state index is 12.1. The van der Waals surface area contributed by atoms with Crippen LogP contribution in [0.3, 0.4) is 0 Å². The van der Waals surface area contributed by atoms with E-state index in [9.17, 15) is 9.59 Å². The first-order chi connectivity index (χ1) is 11.1. The predicted octanol–water partition coefficient (Wildman–Crippen LogP) is 2.40. The van der Waals surface area contributed by atoms with Gasteiger partial charge in [0.15, 0.2) is 11.5 Å². The minimum absolute atomic E-state index is 0.0663. The Bertz CT molecular complexity index is 740. The summed E-state index contributed by atoms with van der Waals surface area (Å²) in [4.78, 5) is 24.0. The molecule has 0 unspecified atom stereocenters. The molecule has 0 atom stereocenters. The van der Waals surface area contributed by atoms with Crippen molar-refractivity contribution in [2.45, 2.75) is 0 Å². The third-order valence-corrected chi connectivity index (χ3v) is 3.94. The van der Waals surface area contributed by atoms with Crippen LogP contribution in [0.2, 0.25) is 0 Å². The topological polar surface area (TPSA) is 84.0 Å². The Labute approximate surface area is 136 Å². The number of esters is 2. The molecule has 0 spiro atoms. The first kappa shape index (κ1) is 16.8. The first-order valence-corrected chi connectivity index (χ1v) is 7.23. The van der Waals surface area contributed by atoms with Crippen molar-refractivity contribution in [3.05, 3.63) is 28.6 Å². The van der Waals surface area contributed by atoms with Gasteiger partial charge in [-0.2, -0.15) is 4.37 Å². The van der Waals surface area contributed by atoms with Crippen LogP contribution in [0.25, 0.3) is 11.3 Å². The molecule has 23 heavy (non-hydrogen) atoms. The number of nitrogens with zero attached hydrogens (tertiary/aromatic N) is 1. The Morgan fingerprint density at radius 2 is 1.61 bits per heavy atom. The average Bonchev–Trinajstić information content (AvgIpc) is 3.04. The zero-order chi connectivity index (χ0) is 17.0. The molecule has 0 aliphatic carbocycles. The quantitative estimate of drug-likeness (QED) is 0.775. The summed E-state index contributed by atoms with van der Waals surface area (Å²) in [6, 6.07) is 5.07. The van der Waals surface area contributed by atoms with Gasteiger partial charge < -0.3 is 18.9 Å². The number of hydrogen-bond donors (Lipinski definition) is 0. The van der Waals surface area contributed by atoms with Crippen LogP contribution in [-0.2, 0) is 9.47 Å². The van der Waals surface area contributed by atoms with Crippen LogP contribution >= 0.6 is 11.5 Å². The maximum atomic E-state index is 12.1. The van der Waals surface area contributed by atoms with Crippen molar-refractivity contribution >= 4 is 23.5 Å². The predicted molar refractivity (Wildman–Crippen MR) is 83.3 cm³/mol. The molecule has 2 rings (SSSR count). The number of carbonyl (C=O) groups is 2. The molecular formula is C15H15NO6S. The van der Waals surface area contributed by atoms with Gasteiger partial charge >= 0.3 is 11.9 Å². The molecule has 0 radical (unpaired) electrons. The second-order valence-electron chi connectivity index (χ2n) is 4.29. The monoisotopic (exact) mass is 337 g/mol. The second kappa shape index (κ2) is 7.10. The summed E-state index contributed by atoms with van der Waals surface area (Å²) in [5.74, 6) is -0.286. The third-order valence-electron chi connectivity index (χ3n) is 3.11. The van der Waals surface area contributed by atoms with E-state index in [-0.39, 0.29) is 10.4 Å². The zero-order valence-electron chi connectivity index (χ0n) is 13.0. The van der Waals surface area contributed by atoms with E-state index in [1.54, 1.807) is 18.2 Å². The van der Waals surface area contributed by atoms with Gasteiger partial charge in [-0.25, -0.2) is 9.59 Å². The lowest BCUT2D eigenvalue weighted by molar-refractivity contribution is 0.0560. The van der Waals surface area contributed by atoms with Crippen molar-refractivity contribution in [3.8, 4) is 22.8 Å². The smallest absolute Gasteiger partial charge is 0.350 e. The minimum atomic E-state index is -0.663. The van der Waals surface area contributed by atoms with Crippen molar-refractivity contribution in [3.63, 3.8) is 0 Å². The highest BCUT2D eigenvalue weighted by Gasteiger charge is 2.27. The van der Waals surface area contributed by atoms with Gasteiger partial charge in [0.25, 0.3) is 0 Å². The number of methoxy groups -OCH3 is 4. The fraction of sp³-hybridized carbons (Fsp3) is 0.267. The number of rotatable bonds is 5. The number of benzene rings is 1. The van der Waals surface area contributed by atoms with Gasteiger partial charge in [0.05, 0.1) is 34.1 Å². The summed E-state index contributed by atoms with van der Waals surface area (Å²) >= 11 is 0.873. The van der Waals surface area contributed by atoms with E-state index < -0.39 is 11.9 Å². The van der Waals surface area contributed by atoms with E-state index in [2.05, 4.69) is 9.11 Å². The van der Waals surface area contributed by atoms with E-state index in [0.29, 0.717) is 22.8 Å². The van der Waals surface area contributed by atoms with E-state index in [1.807, 2.05) is 0 Å². The molecule has 2 aromatic rings. The summed E-state index contributed by atoms with van der Waals surface area (Å²) in [7, 11) is 5.50. The van der Waals surface area contributed by atoms with E-state index in [0.717, 1.165) is 11.5 Å². The third kappa shape index (κ3) is 3.11. The SMILES string of the molecule is COC(=O)c1snc(-c2ccc(OC)c(OC)c2)c1C(=O)OC. The molecule has 0 aliphatic rings. The number of carbonyl (C=O) groups excluding carboxylic acids is 2. The Balaban J connectivity index is 2.62. The van der Waals surface area contributed by atoms with Crippen LogP contribution in [0.5, 0.6) is 11.5 Å². The molecule has 1 aromatic heterocycles. The van der Waals surface area contributed by atoms with Crippen LogP contribution in [0.15, 0.2) is 18.2 Å². The summed E-state index contributed by atoms with van der Waals surface area (Å²) in [6.07, 6.45) is 0. The zero-order valence-corrected chi connectivity index (χ0v) is 13.9. The molecule has 1 aromatic carbocycles. The Kier molecular flexibility index (Phi) is 5.17. The molecule has 0 fully saturated rings. The van der Waals surface area contributed by atoms with E-state index in [1.165, 1.54) is 28.4 Å². The Hall–Kier alpha value is -2.61. The molecule has 0 saturated heterocycles. The molecule has 0 saturated carbocycles. The molecular weight excluding hydrogens is 322 g/mol. The van der Waals surface area contributed by atoms with Crippen LogP contribution in [0.4, 0.5) is 0 Å². The molecule has 7 nitrogen and oxygen atoms in total. The van der Waals surface area contributed by atoms with E-state index in [4.69, 9.17) is 14.2 Å². The van der Waals surface area contributed by atoms with Crippen molar-refractivity contribution in [2.75, 3.05) is 28.4 Å². The molecule has 8 heteroatoms. The number of ether oxygens (including phenoxy) is 4. The van der Waals surface area contributed by atoms with Gasteiger partial charge in [0.1, 0.15) is 10.4 Å². The van der Waals surface area contributed by atoms with Gasteiger partial charge in [0.2, 0.25) is 0 Å². The number of aromatic nitrogens is 1. The molecule has 1 heterocycles. The summed E-state index contributed by atoms with van der Waals surface area (Å²) < 4.78 is 24.1.